The molecule has 0 saturated heterocycles. The van der Waals surface area contributed by atoms with Crippen molar-refractivity contribution in [1.29, 1.82) is 0 Å². The molecule has 1 heterocycles. The van der Waals surface area contributed by atoms with Gasteiger partial charge in [-0.3, -0.25) is 9.97 Å². The minimum Gasteiger partial charge on any atom is -0.494 e. The summed E-state index contributed by atoms with van der Waals surface area (Å²) in [4.78, 5) is 8.19. The zero-order valence-electron chi connectivity index (χ0n) is 10.8. The van der Waals surface area contributed by atoms with Crippen LogP contribution in [-0.2, 0) is 13.2 Å². The normalized spacial score (nSPS) is 10.2. The highest BCUT2D eigenvalue weighted by Gasteiger charge is 2.04. The Morgan fingerprint density at radius 1 is 1.32 bits per heavy atom. The molecule has 2 N–H and O–H groups in total. The number of hydrogen-bond donors (Lipinski definition) is 2. The lowest BCUT2D eigenvalue weighted by Gasteiger charge is -2.11. The van der Waals surface area contributed by atoms with Gasteiger partial charge >= 0.3 is 0 Å². The highest BCUT2D eigenvalue weighted by atomic mass is 16.5. The van der Waals surface area contributed by atoms with E-state index in [0.29, 0.717) is 13.2 Å². The van der Waals surface area contributed by atoms with E-state index in [2.05, 4.69) is 15.3 Å². The van der Waals surface area contributed by atoms with E-state index < -0.39 is 0 Å². The SMILES string of the molecule is CCOc1ccc(NCc2cnccn2)cc1CO. The molecule has 100 valence electrons. The minimum absolute atomic E-state index is 0.0456. The van der Waals surface area contributed by atoms with Crippen LogP contribution in [-0.4, -0.2) is 21.7 Å². The molecular weight excluding hydrogens is 242 g/mol. The first-order valence-corrected chi connectivity index (χ1v) is 6.19. The van der Waals surface area contributed by atoms with Crippen LogP contribution in [0, 0.1) is 0 Å². The summed E-state index contributed by atoms with van der Waals surface area (Å²) in [5.41, 5.74) is 2.55. The molecule has 2 aromatic rings. The summed E-state index contributed by atoms with van der Waals surface area (Å²) in [5.74, 6) is 0.718. The maximum absolute atomic E-state index is 9.32. The average molecular weight is 259 g/mol. The van der Waals surface area contributed by atoms with E-state index in [0.717, 1.165) is 22.7 Å². The van der Waals surface area contributed by atoms with Crippen molar-refractivity contribution in [2.45, 2.75) is 20.1 Å². The highest BCUT2D eigenvalue weighted by molar-refractivity contribution is 5.51. The molecule has 1 aromatic heterocycles. The zero-order chi connectivity index (χ0) is 13.5. The Hall–Kier alpha value is -2.14. The lowest BCUT2D eigenvalue weighted by atomic mass is 10.2. The van der Waals surface area contributed by atoms with Gasteiger partial charge in [0.1, 0.15) is 5.75 Å². The molecule has 0 atom stereocenters. The molecule has 0 aliphatic rings. The monoisotopic (exact) mass is 259 g/mol. The maximum atomic E-state index is 9.32. The van der Waals surface area contributed by atoms with Gasteiger partial charge in [0.25, 0.3) is 0 Å². The Morgan fingerprint density at radius 2 is 2.21 bits per heavy atom. The second-order valence-electron chi connectivity index (χ2n) is 3.96. The van der Waals surface area contributed by atoms with Crippen LogP contribution < -0.4 is 10.1 Å². The molecule has 0 aliphatic heterocycles. The molecule has 0 fully saturated rings. The number of benzene rings is 1. The Bertz CT molecular complexity index is 517. The molecule has 19 heavy (non-hydrogen) atoms. The van der Waals surface area contributed by atoms with Crippen molar-refractivity contribution >= 4 is 5.69 Å². The summed E-state index contributed by atoms with van der Waals surface area (Å²) in [6.45, 7) is 3.05. The van der Waals surface area contributed by atoms with Crippen LogP contribution in [0.25, 0.3) is 0 Å². The molecule has 0 bridgehead atoms. The highest BCUT2D eigenvalue weighted by Crippen LogP contribution is 2.23. The lowest BCUT2D eigenvalue weighted by Crippen LogP contribution is -2.03. The van der Waals surface area contributed by atoms with Crippen LogP contribution in [0.2, 0.25) is 0 Å². The first kappa shape index (κ1) is 13.3. The fourth-order valence-corrected chi connectivity index (χ4v) is 1.72. The van der Waals surface area contributed by atoms with E-state index in [1.54, 1.807) is 18.6 Å². The van der Waals surface area contributed by atoms with Gasteiger partial charge in [0.05, 0.1) is 31.6 Å². The Kier molecular flexibility index (Phi) is 4.69. The predicted molar refractivity (Wildman–Crippen MR) is 72.9 cm³/mol. The first-order chi connectivity index (χ1) is 9.33. The number of nitrogens with zero attached hydrogens (tertiary/aromatic N) is 2. The number of nitrogens with one attached hydrogen (secondary N) is 1. The molecule has 0 radical (unpaired) electrons. The van der Waals surface area contributed by atoms with Crippen LogP contribution in [0.5, 0.6) is 5.75 Å². The molecule has 0 amide bonds. The second kappa shape index (κ2) is 6.70. The molecule has 2 rings (SSSR count). The third-order valence-corrected chi connectivity index (χ3v) is 2.62. The molecule has 0 saturated carbocycles. The molecule has 0 spiro atoms. The molecule has 0 unspecified atom stereocenters. The van der Waals surface area contributed by atoms with Crippen LogP contribution in [0.15, 0.2) is 36.8 Å². The van der Waals surface area contributed by atoms with Gasteiger partial charge in [-0.05, 0) is 25.1 Å². The van der Waals surface area contributed by atoms with Crippen LogP contribution >= 0.6 is 0 Å². The molecule has 0 aliphatic carbocycles. The summed E-state index contributed by atoms with van der Waals surface area (Å²) >= 11 is 0. The maximum Gasteiger partial charge on any atom is 0.124 e. The number of aliphatic hydroxyl groups excluding tert-OH is 1. The summed E-state index contributed by atoms with van der Waals surface area (Å²) in [7, 11) is 0. The smallest absolute Gasteiger partial charge is 0.124 e. The Balaban J connectivity index is 2.05. The Morgan fingerprint density at radius 3 is 2.89 bits per heavy atom. The van der Waals surface area contributed by atoms with E-state index in [1.165, 1.54) is 0 Å². The van der Waals surface area contributed by atoms with Crippen molar-refractivity contribution in [3.63, 3.8) is 0 Å². The number of aliphatic hydroxyl groups is 1. The molecule has 5 nitrogen and oxygen atoms in total. The van der Waals surface area contributed by atoms with Gasteiger partial charge in [0.2, 0.25) is 0 Å². The van der Waals surface area contributed by atoms with Gasteiger partial charge in [0.15, 0.2) is 0 Å². The fraction of sp³-hybridized carbons (Fsp3) is 0.286. The number of anilines is 1. The quantitative estimate of drug-likeness (QED) is 0.830. The minimum atomic E-state index is -0.0456. The zero-order valence-corrected chi connectivity index (χ0v) is 10.8. The van der Waals surface area contributed by atoms with Gasteiger partial charge in [0, 0.05) is 23.6 Å². The average Bonchev–Trinajstić information content (AvgIpc) is 2.47. The summed E-state index contributed by atoms with van der Waals surface area (Å²) in [6, 6.07) is 5.65. The van der Waals surface area contributed by atoms with Crippen LogP contribution in [0.3, 0.4) is 0 Å². The lowest BCUT2D eigenvalue weighted by molar-refractivity contribution is 0.267. The fourth-order valence-electron chi connectivity index (χ4n) is 1.72. The van der Waals surface area contributed by atoms with Crippen LogP contribution in [0.1, 0.15) is 18.2 Å². The molecule has 1 aromatic carbocycles. The largest absolute Gasteiger partial charge is 0.494 e. The first-order valence-electron chi connectivity index (χ1n) is 6.19. The van der Waals surface area contributed by atoms with Crippen molar-refractivity contribution in [3.8, 4) is 5.75 Å². The third-order valence-electron chi connectivity index (χ3n) is 2.62. The summed E-state index contributed by atoms with van der Waals surface area (Å²) < 4.78 is 5.44. The summed E-state index contributed by atoms with van der Waals surface area (Å²) in [6.07, 6.45) is 5.02. The van der Waals surface area contributed by atoms with E-state index in [-0.39, 0.29) is 6.61 Å². The van der Waals surface area contributed by atoms with Gasteiger partial charge in [-0.15, -0.1) is 0 Å². The number of ether oxygens (including phenoxy) is 1. The van der Waals surface area contributed by atoms with Gasteiger partial charge in [-0.1, -0.05) is 0 Å². The number of hydrogen-bond acceptors (Lipinski definition) is 5. The Labute approximate surface area is 112 Å². The second-order valence-corrected chi connectivity index (χ2v) is 3.96. The van der Waals surface area contributed by atoms with Crippen molar-refractivity contribution in [2.24, 2.45) is 0 Å². The molecular formula is C14H17N3O2. The van der Waals surface area contributed by atoms with Crippen molar-refractivity contribution in [1.82, 2.24) is 9.97 Å². The third kappa shape index (κ3) is 3.66. The number of aromatic nitrogens is 2. The standard InChI is InChI=1S/C14H17N3O2/c1-2-19-14-4-3-12(7-11(14)10-18)17-9-13-8-15-5-6-16-13/h3-8,17-18H,2,9-10H2,1H3. The van der Waals surface area contributed by atoms with Crippen molar-refractivity contribution < 1.29 is 9.84 Å². The van der Waals surface area contributed by atoms with E-state index >= 15 is 0 Å². The van der Waals surface area contributed by atoms with Gasteiger partial charge in [-0.25, -0.2) is 0 Å². The number of rotatable bonds is 6. The van der Waals surface area contributed by atoms with E-state index in [4.69, 9.17) is 4.74 Å². The van der Waals surface area contributed by atoms with Gasteiger partial charge < -0.3 is 15.2 Å². The molecule has 5 heteroatoms. The van der Waals surface area contributed by atoms with Gasteiger partial charge in [-0.2, -0.15) is 0 Å². The predicted octanol–water partition coefficient (Wildman–Crippen LogP) is 1.98. The van der Waals surface area contributed by atoms with Crippen molar-refractivity contribution in [3.05, 3.63) is 48.0 Å². The van der Waals surface area contributed by atoms with E-state index in [9.17, 15) is 5.11 Å². The topological polar surface area (TPSA) is 67.3 Å². The summed E-state index contributed by atoms with van der Waals surface area (Å²) in [5, 5.41) is 12.6. The van der Waals surface area contributed by atoms with E-state index in [1.807, 2.05) is 25.1 Å². The van der Waals surface area contributed by atoms with Crippen LogP contribution in [0.4, 0.5) is 5.69 Å². The van der Waals surface area contributed by atoms with Crippen molar-refractivity contribution in [2.75, 3.05) is 11.9 Å².